The van der Waals surface area contributed by atoms with Gasteiger partial charge in [-0.15, -0.1) is 11.3 Å². The molecule has 1 atom stereocenters. The summed E-state index contributed by atoms with van der Waals surface area (Å²) in [6, 6.07) is 10.1. The minimum Gasteiger partial charge on any atom is -0.388 e. The third-order valence-electron chi connectivity index (χ3n) is 2.88. The van der Waals surface area contributed by atoms with Gasteiger partial charge < -0.3 is 10.4 Å². The first-order valence-corrected chi connectivity index (χ1v) is 7.59. The van der Waals surface area contributed by atoms with Crippen molar-refractivity contribution in [2.45, 2.75) is 12.5 Å². The number of aliphatic hydroxyl groups excluding tert-OH is 1. The number of carbonyl (C=O) groups excluding carboxylic acids is 2. The van der Waals surface area contributed by atoms with E-state index in [2.05, 4.69) is 5.32 Å². The zero-order chi connectivity index (χ0) is 15.2. The molecule has 0 spiro atoms. The van der Waals surface area contributed by atoms with Crippen molar-refractivity contribution in [3.8, 4) is 0 Å². The van der Waals surface area contributed by atoms with Crippen LogP contribution in [0.1, 0.15) is 27.8 Å². The van der Waals surface area contributed by atoms with Crippen LogP contribution in [-0.2, 0) is 4.79 Å². The summed E-state index contributed by atoms with van der Waals surface area (Å²) in [5, 5.41) is 14.8. The molecule has 0 aliphatic rings. The van der Waals surface area contributed by atoms with E-state index in [1.165, 1.54) is 11.3 Å². The number of halogens is 1. The number of carbonyl (C=O) groups is 2. The van der Waals surface area contributed by atoms with Gasteiger partial charge in [0.15, 0.2) is 5.78 Å². The summed E-state index contributed by atoms with van der Waals surface area (Å²) in [4.78, 5) is 24.0. The first-order chi connectivity index (χ1) is 10.1. The fourth-order valence-electron chi connectivity index (χ4n) is 1.75. The van der Waals surface area contributed by atoms with Crippen LogP contribution in [0.15, 0.2) is 41.8 Å². The smallest absolute Gasteiger partial charge is 0.223 e. The summed E-state index contributed by atoms with van der Waals surface area (Å²) >= 11 is 7.09. The molecule has 1 unspecified atom stereocenters. The topological polar surface area (TPSA) is 66.4 Å². The molecule has 1 aromatic carbocycles. The minimum absolute atomic E-state index is 0.0628. The summed E-state index contributed by atoms with van der Waals surface area (Å²) < 4.78 is 0. The van der Waals surface area contributed by atoms with Crippen molar-refractivity contribution in [1.29, 1.82) is 0 Å². The van der Waals surface area contributed by atoms with Gasteiger partial charge >= 0.3 is 0 Å². The zero-order valence-electron chi connectivity index (χ0n) is 11.1. The Kier molecular flexibility index (Phi) is 5.50. The number of thiophene rings is 1. The molecule has 4 nitrogen and oxygen atoms in total. The molecule has 0 fully saturated rings. The van der Waals surface area contributed by atoms with Gasteiger partial charge in [0.05, 0.1) is 23.9 Å². The molecule has 2 aromatic rings. The Balaban J connectivity index is 1.81. The molecular formula is C15H14ClNO3S. The normalized spacial score (nSPS) is 11.9. The number of rotatable bonds is 6. The van der Waals surface area contributed by atoms with Gasteiger partial charge in [-0.05, 0) is 29.1 Å². The molecule has 0 bridgehead atoms. The predicted molar refractivity (Wildman–Crippen MR) is 82.7 cm³/mol. The van der Waals surface area contributed by atoms with Gasteiger partial charge in [-0.25, -0.2) is 0 Å². The first-order valence-electron chi connectivity index (χ1n) is 6.33. The maximum absolute atomic E-state index is 11.7. The summed E-state index contributed by atoms with van der Waals surface area (Å²) in [7, 11) is 0. The van der Waals surface area contributed by atoms with E-state index in [0.717, 1.165) is 0 Å². The molecular weight excluding hydrogens is 310 g/mol. The predicted octanol–water partition coefficient (Wildman–Crippen LogP) is 2.82. The maximum atomic E-state index is 11.7. The van der Waals surface area contributed by atoms with E-state index in [1.54, 1.807) is 41.8 Å². The fourth-order valence-corrected chi connectivity index (χ4v) is 2.54. The van der Waals surface area contributed by atoms with Crippen LogP contribution in [-0.4, -0.2) is 23.3 Å². The molecule has 21 heavy (non-hydrogen) atoms. The standard InChI is InChI=1S/C15H14ClNO3S/c16-11-5-3-10(4-6-11)12(18)8-15(20)17-9-13(19)14-2-1-7-21-14/h1-7,12,18H,8-9H2,(H,17,20). The molecule has 0 radical (unpaired) electrons. The minimum atomic E-state index is -0.917. The fraction of sp³-hybridized carbons (Fsp3) is 0.200. The Labute approximate surface area is 131 Å². The highest BCUT2D eigenvalue weighted by Gasteiger charge is 2.14. The van der Waals surface area contributed by atoms with E-state index < -0.39 is 6.10 Å². The highest BCUT2D eigenvalue weighted by atomic mass is 35.5. The van der Waals surface area contributed by atoms with Gasteiger partial charge in [-0.2, -0.15) is 0 Å². The third-order valence-corrected chi connectivity index (χ3v) is 4.04. The number of amides is 1. The monoisotopic (exact) mass is 323 g/mol. The van der Waals surface area contributed by atoms with Gasteiger partial charge in [-0.1, -0.05) is 29.8 Å². The summed E-state index contributed by atoms with van der Waals surface area (Å²) in [6.45, 7) is -0.0628. The number of hydrogen-bond acceptors (Lipinski definition) is 4. The lowest BCUT2D eigenvalue weighted by Gasteiger charge is -2.11. The Hall–Kier alpha value is -1.69. The number of nitrogens with one attached hydrogen (secondary N) is 1. The number of benzene rings is 1. The molecule has 2 N–H and O–H groups in total. The van der Waals surface area contributed by atoms with Gasteiger partial charge in [0.2, 0.25) is 5.91 Å². The third kappa shape index (κ3) is 4.67. The second-order valence-corrected chi connectivity index (χ2v) is 5.83. The average Bonchev–Trinajstić information content (AvgIpc) is 2.99. The van der Waals surface area contributed by atoms with Crippen LogP contribution < -0.4 is 5.32 Å². The molecule has 0 saturated heterocycles. The lowest BCUT2D eigenvalue weighted by atomic mass is 10.1. The maximum Gasteiger partial charge on any atom is 0.223 e. The van der Waals surface area contributed by atoms with Gasteiger partial charge in [-0.3, -0.25) is 9.59 Å². The van der Waals surface area contributed by atoms with Gasteiger partial charge in [0.1, 0.15) is 0 Å². The molecule has 2 rings (SSSR count). The van der Waals surface area contributed by atoms with Crippen molar-refractivity contribution < 1.29 is 14.7 Å². The molecule has 1 aromatic heterocycles. The van der Waals surface area contributed by atoms with Crippen molar-refractivity contribution in [3.63, 3.8) is 0 Å². The highest BCUT2D eigenvalue weighted by Crippen LogP contribution is 2.19. The Morgan fingerprint density at radius 3 is 2.57 bits per heavy atom. The second kappa shape index (κ2) is 7.36. The second-order valence-electron chi connectivity index (χ2n) is 4.45. The van der Waals surface area contributed by atoms with E-state index in [4.69, 9.17) is 11.6 Å². The van der Waals surface area contributed by atoms with Crippen molar-refractivity contribution in [2.75, 3.05) is 6.54 Å². The van der Waals surface area contributed by atoms with Crippen LogP contribution in [0, 0.1) is 0 Å². The zero-order valence-corrected chi connectivity index (χ0v) is 12.7. The van der Waals surface area contributed by atoms with Crippen LogP contribution in [0.3, 0.4) is 0 Å². The Bertz CT molecular complexity index is 610. The van der Waals surface area contributed by atoms with Crippen molar-refractivity contribution in [3.05, 3.63) is 57.2 Å². The SMILES string of the molecule is O=C(CC(O)c1ccc(Cl)cc1)NCC(=O)c1cccs1. The van der Waals surface area contributed by atoms with Crippen molar-refractivity contribution >= 4 is 34.6 Å². The molecule has 0 aliphatic carbocycles. The van der Waals surface area contributed by atoms with E-state index >= 15 is 0 Å². The molecule has 0 aliphatic heterocycles. The highest BCUT2D eigenvalue weighted by molar-refractivity contribution is 7.12. The lowest BCUT2D eigenvalue weighted by Crippen LogP contribution is -2.30. The summed E-state index contributed by atoms with van der Waals surface area (Å²) in [6.07, 6.45) is -1.02. The van der Waals surface area contributed by atoms with Gasteiger partial charge in [0.25, 0.3) is 0 Å². The number of Topliss-reactive ketones (excluding diaryl/α,β-unsaturated/α-hetero) is 1. The summed E-state index contributed by atoms with van der Waals surface area (Å²) in [5.41, 5.74) is 0.610. The van der Waals surface area contributed by atoms with E-state index in [0.29, 0.717) is 15.5 Å². The molecule has 1 amide bonds. The Morgan fingerprint density at radius 1 is 1.24 bits per heavy atom. The first kappa shape index (κ1) is 15.7. The van der Waals surface area contributed by atoms with Crippen LogP contribution in [0.4, 0.5) is 0 Å². The molecule has 0 saturated carbocycles. The van der Waals surface area contributed by atoms with Crippen molar-refractivity contribution in [2.24, 2.45) is 0 Å². The molecule has 6 heteroatoms. The van der Waals surface area contributed by atoms with Crippen LogP contribution in [0.2, 0.25) is 5.02 Å². The Morgan fingerprint density at radius 2 is 1.95 bits per heavy atom. The van der Waals surface area contributed by atoms with Crippen LogP contribution in [0.25, 0.3) is 0 Å². The summed E-state index contributed by atoms with van der Waals surface area (Å²) in [5.74, 6) is -0.512. The van der Waals surface area contributed by atoms with Crippen LogP contribution >= 0.6 is 22.9 Å². The van der Waals surface area contributed by atoms with E-state index in [9.17, 15) is 14.7 Å². The number of aliphatic hydroxyl groups is 1. The number of ketones is 1. The van der Waals surface area contributed by atoms with Crippen molar-refractivity contribution in [1.82, 2.24) is 5.32 Å². The lowest BCUT2D eigenvalue weighted by molar-refractivity contribution is -0.122. The quantitative estimate of drug-likeness (QED) is 0.803. The molecule has 1 heterocycles. The average molecular weight is 324 g/mol. The van der Waals surface area contributed by atoms with Crippen LogP contribution in [0.5, 0.6) is 0 Å². The van der Waals surface area contributed by atoms with E-state index in [1.807, 2.05) is 0 Å². The van der Waals surface area contributed by atoms with E-state index in [-0.39, 0.29) is 24.7 Å². The molecule has 110 valence electrons. The van der Waals surface area contributed by atoms with Gasteiger partial charge in [0, 0.05) is 5.02 Å². The largest absolute Gasteiger partial charge is 0.388 e. The number of hydrogen-bond donors (Lipinski definition) is 2.